The van der Waals surface area contributed by atoms with Crippen LogP contribution in [0, 0.1) is 11.8 Å². The number of hydrogen-bond donors (Lipinski definition) is 2. The van der Waals surface area contributed by atoms with Crippen molar-refractivity contribution >= 4 is 27.9 Å². The maximum Gasteiger partial charge on any atom is 0.260 e. The first kappa shape index (κ1) is 11.8. The number of nitrogen functional groups attached to an aromatic ring is 1. The minimum Gasteiger partial charge on any atom is -0.397 e. The summed E-state index contributed by atoms with van der Waals surface area (Å²) in [7, 11) is 0. The molecule has 2 aliphatic rings. The lowest BCUT2D eigenvalue weighted by molar-refractivity contribution is 0.100. The van der Waals surface area contributed by atoms with Gasteiger partial charge in [0.2, 0.25) is 0 Å². The number of carbonyl (C=O) groups is 1. The van der Waals surface area contributed by atoms with Gasteiger partial charge in [-0.05, 0) is 37.2 Å². The van der Waals surface area contributed by atoms with E-state index >= 15 is 0 Å². The Labute approximate surface area is 111 Å². The molecule has 0 radical (unpaired) electrons. The molecule has 18 heavy (non-hydrogen) atoms. The smallest absolute Gasteiger partial charge is 0.260 e. The first-order chi connectivity index (χ1) is 8.63. The Hall–Kier alpha value is -1.23. The average Bonchev–Trinajstić information content (AvgIpc) is 2.71. The third-order valence-electron chi connectivity index (χ3n) is 4.13. The van der Waals surface area contributed by atoms with E-state index in [4.69, 9.17) is 11.5 Å². The zero-order valence-corrected chi connectivity index (χ0v) is 11.2. The van der Waals surface area contributed by atoms with E-state index < -0.39 is 5.91 Å². The number of hydrogen-bond acceptors (Lipinski definition) is 4. The van der Waals surface area contributed by atoms with Crippen molar-refractivity contribution in [2.24, 2.45) is 17.6 Å². The van der Waals surface area contributed by atoms with Crippen LogP contribution in [0.3, 0.4) is 0 Å². The summed E-state index contributed by atoms with van der Waals surface area (Å²) in [5.41, 5.74) is 11.7. The number of anilines is 2. The molecule has 3 rings (SSSR count). The summed E-state index contributed by atoms with van der Waals surface area (Å²) in [5.74, 6) is 1.22. The van der Waals surface area contributed by atoms with Gasteiger partial charge in [0.25, 0.3) is 5.91 Å². The normalized spacial score (nSPS) is 27.2. The second-order valence-corrected chi connectivity index (χ2v) is 6.57. The van der Waals surface area contributed by atoms with E-state index in [0.717, 1.165) is 29.9 Å². The summed E-state index contributed by atoms with van der Waals surface area (Å²) in [4.78, 5) is 14.1. The molecule has 2 atom stereocenters. The highest BCUT2D eigenvalue weighted by atomic mass is 32.1. The number of piperidine rings is 1. The van der Waals surface area contributed by atoms with Gasteiger partial charge in [0.15, 0.2) is 0 Å². The summed E-state index contributed by atoms with van der Waals surface area (Å²) in [6.07, 6.45) is 5.44. The van der Waals surface area contributed by atoms with Crippen LogP contribution in [0.1, 0.15) is 35.4 Å². The van der Waals surface area contributed by atoms with Crippen LogP contribution in [0.2, 0.25) is 0 Å². The highest BCUT2D eigenvalue weighted by molar-refractivity contribution is 7.18. The molecule has 2 heterocycles. The molecule has 4 N–H and O–H groups in total. The van der Waals surface area contributed by atoms with Gasteiger partial charge in [0.1, 0.15) is 4.88 Å². The number of thiophene rings is 1. The minimum absolute atomic E-state index is 0.416. The summed E-state index contributed by atoms with van der Waals surface area (Å²) in [6, 6.07) is 1.91. The van der Waals surface area contributed by atoms with Crippen LogP contribution in [-0.4, -0.2) is 19.0 Å². The van der Waals surface area contributed by atoms with E-state index in [2.05, 4.69) is 4.90 Å². The van der Waals surface area contributed by atoms with Crippen molar-refractivity contribution in [1.82, 2.24) is 0 Å². The lowest BCUT2D eigenvalue weighted by atomic mass is 9.78. The molecule has 1 aromatic rings. The van der Waals surface area contributed by atoms with Crippen molar-refractivity contribution in [3.63, 3.8) is 0 Å². The van der Waals surface area contributed by atoms with Crippen molar-refractivity contribution in [2.75, 3.05) is 23.7 Å². The minimum atomic E-state index is -0.416. The zero-order valence-electron chi connectivity index (χ0n) is 10.4. The van der Waals surface area contributed by atoms with Crippen LogP contribution in [0.5, 0.6) is 0 Å². The van der Waals surface area contributed by atoms with Crippen LogP contribution >= 0.6 is 11.3 Å². The fraction of sp³-hybridized carbons (Fsp3) is 0.615. The first-order valence-electron chi connectivity index (χ1n) is 6.57. The molecular formula is C13H19N3OS. The molecule has 0 aromatic carbocycles. The van der Waals surface area contributed by atoms with Gasteiger partial charge in [0, 0.05) is 13.1 Å². The number of primary amides is 1. The predicted octanol–water partition coefficient (Wildman–Crippen LogP) is 2.06. The fourth-order valence-electron chi connectivity index (χ4n) is 3.35. The average molecular weight is 265 g/mol. The highest BCUT2D eigenvalue weighted by Gasteiger charge is 2.31. The van der Waals surface area contributed by atoms with Crippen molar-refractivity contribution in [1.29, 1.82) is 0 Å². The molecule has 5 heteroatoms. The van der Waals surface area contributed by atoms with Crippen molar-refractivity contribution in [3.8, 4) is 0 Å². The fourth-order valence-corrected chi connectivity index (χ4v) is 4.30. The quantitative estimate of drug-likeness (QED) is 0.859. The number of carbonyl (C=O) groups excluding carboxylic acids is 1. The Morgan fingerprint density at radius 1 is 1.33 bits per heavy atom. The van der Waals surface area contributed by atoms with E-state index in [9.17, 15) is 4.79 Å². The molecule has 1 saturated heterocycles. The first-order valence-corrected chi connectivity index (χ1v) is 7.39. The van der Waals surface area contributed by atoms with Crippen LogP contribution in [0.25, 0.3) is 0 Å². The standard InChI is InChI=1S/C13H19N3OS/c14-10-5-11(18-12(10)13(15)17)16-6-8-2-1-3-9(4-8)7-16/h5,8-9H,1-4,6-7,14H2,(H2,15,17). The lowest BCUT2D eigenvalue weighted by Crippen LogP contribution is -2.42. The van der Waals surface area contributed by atoms with Gasteiger partial charge in [-0.15, -0.1) is 11.3 Å². The molecule has 2 bridgehead atoms. The monoisotopic (exact) mass is 265 g/mol. The van der Waals surface area contributed by atoms with E-state index in [1.54, 1.807) is 0 Å². The molecular weight excluding hydrogens is 246 g/mol. The largest absolute Gasteiger partial charge is 0.397 e. The van der Waals surface area contributed by atoms with Gasteiger partial charge in [0.05, 0.1) is 10.7 Å². The van der Waals surface area contributed by atoms with Crippen LogP contribution in [-0.2, 0) is 0 Å². The maximum atomic E-state index is 11.2. The molecule has 1 aromatic heterocycles. The van der Waals surface area contributed by atoms with E-state index in [1.165, 1.54) is 37.0 Å². The number of fused-ring (bicyclic) bond motifs is 2. The van der Waals surface area contributed by atoms with Crippen molar-refractivity contribution in [3.05, 3.63) is 10.9 Å². The summed E-state index contributed by atoms with van der Waals surface area (Å²) in [5, 5.41) is 1.11. The SMILES string of the molecule is NC(=O)c1sc(N2CC3CCCC(C3)C2)cc1N. The van der Waals surface area contributed by atoms with Crippen LogP contribution < -0.4 is 16.4 Å². The molecule has 2 fully saturated rings. The van der Waals surface area contributed by atoms with Crippen molar-refractivity contribution < 1.29 is 4.79 Å². The molecule has 1 amide bonds. The topological polar surface area (TPSA) is 72.4 Å². The third kappa shape index (κ3) is 2.07. The molecule has 1 saturated carbocycles. The number of nitrogens with zero attached hydrogens (tertiary/aromatic N) is 1. The third-order valence-corrected chi connectivity index (χ3v) is 5.36. The van der Waals surface area contributed by atoms with Gasteiger partial charge in [-0.25, -0.2) is 0 Å². The van der Waals surface area contributed by atoms with E-state index in [0.29, 0.717) is 10.6 Å². The number of amides is 1. The zero-order chi connectivity index (χ0) is 12.7. The summed E-state index contributed by atoms with van der Waals surface area (Å²) < 4.78 is 0. The highest BCUT2D eigenvalue weighted by Crippen LogP contribution is 2.39. The van der Waals surface area contributed by atoms with Gasteiger partial charge in [-0.2, -0.15) is 0 Å². The Bertz CT molecular complexity index is 459. The summed E-state index contributed by atoms with van der Waals surface area (Å²) >= 11 is 1.44. The number of nitrogens with two attached hydrogens (primary N) is 2. The van der Waals surface area contributed by atoms with Gasteiger partial charge in [-0.1, -0.05) is 6.42 Å². The van der Waals surface area contributed by atoms with Crippen molar-refractivity contribution in [2.45, 2.75) is 25.7 Å². The van der Waals surface area contributed by atoms with Gasteiger partial charge >= 0.3 is 0 Å². The molecule has 98 valence electrons. The Kier molecular flexibility index (Phi) is 2.93. The summed E-state index contributed by atoms with van der Waals surface area (Å²) in [6.45, 7) is 2.21. The predicted molar refractivity (Wildman–Crippen MR) is 74.9 cm³/mol. The Balaban J connectivity index is 1.82. The molecule has 2 unspecified atom stereocenters. The molecule has 0 spiro atoms. The second kappa shape index (κ2) is 4.46. The van der Waals surface area contributed by atoms with Crippen LogP contribution in [0.4, 0.5) is 10.7 Å². The van der Waals surface area contributed by atoms with Crippen LogP contribution in [0.15, 0.2) is 6.07 Å². The molecule has 1 aliphatic heterocycles. The molecule has 4 nitrogen and oxygen atoms in total. The van der Waals surface area contributed by atoms with E-state index in [-0.39, 0.29) is 0 Å². The second-order valence-electron chi connectivity index (χ2n) is 5.54. The lowest BCUT2D eigenvalue weighted by Gasteiger charge is -2.41. The Morgan fingerprint density at radius 3 is 2.56 bits per heavy atom. The van der Waals surface area contributed by atoms with Gasteiger partial charge < -0.3 is 16.4 Å². The van der Waals surface area contributed by atoms with Gasteiger partial charge in [-0.3, -0.25) is 4.79 Å². The number of rotatable bonds is 2. The van der Waals surface area contributed by atoms with E-state index in [1.807, 2.05) is 6.07 Å². The molecule has 1 aliphatic carbocycles. The Morgan fingerprint density at radius 2 is 2.00 bits per heavy atom. The maximum absolute atomic E-state index is 11.2.